The number of hydrogen-bond acceptors (Lipinski definition) is 5. The van der Waals surface area contributed by atoms with Crippen molar-refractivity contribution >= 4 is 60.5 Å². The zero-order valence-corrected chi connectivity index (χ0v) is 17.2. The van der Waals surface area contributed by atoms with Gasteiger partial charge in [-0.3, -0.25) is 4.57 Å². The molecule has 0 radical (unpaired) electrons. The summed E-state index contributed by atoms with van der Waals surface area (Å²) in [6.07, 6.45) is 1.79. The molecule has 134 valence electrons. The van der Waals surface area contributed by atoms with Crippen LogP contribution in [0.4, 0.5) is 0 Å². The third kappa shape index (κ3) is 16.9. The Kier molecular flexibility index (Phi) is 15.0. The summed E-state index contributed by atoms with van der Waals surface area (Å²) in [4.78, 5) is 0. The second-order valence-electron chi connectivity index (χ2n) is 4.28. The zero-order chi connectivity index (χ0) is 18.5. The molecule has 23 heavy (non-hydrogen) atoms. The maximum absolute atomic E-state index is 11.7. The van der Waals surface area contributed by atoms with E-state index in [1.54, 1.807) is 6.07 Å². The summed E-state index contributed by atoms with van der Waals surface area (Å²) in [6, 6.07) is 3.93. The van der Waals surface area contributed by atoms with Crippen molar-refractivity contribution in [3.8, 4) is 12.1 Å². The molecule has 0 aromatic rings. The molecule has 0 aliphatic carbocycles. The van der Waals surface area contributed by atoms with Crippen LogP contribution < -0.4 is 0 Å². The Labute approximate surface area is 157 Å². The number of alkyl halides is 1. The zero-order valence-electron chi connectivity index (χ0n) is 12.5. The first-order valence-electron chi connectivity index (χ1n) is 6.45. The molecular weight excluding hydrogens is 427 g/mol. The number of sulfonamides is 1. The molecule has 0 atom stereocenters. The highest BCUT2D eigenvalue weighted by atomic mass is 36.0. The van der Waals surface area contributed by atoms with Gasteiger partial charge < -0.3 is 0 Å². The van der Waals surface area contributed by atoms with E-state index >= 15 is 0 Å². The number of nitrogens with zero attached hydrogens (tertiary/aromatic N) is 3. The van der Waals surface area contributed by atoms with Crippen LogP contribution >= 0.6 is 50.5 Å². The summed E-state index contributed by atoms with van der Waals surface area (Å²) in [5, 5.41) is 12.8. The first kappa shape index (κ1) is 25.5. The van der Waals surface area contributed by atoms with Gasteiger partial charge in [0.25, 0.3) is 0 Å². The molecule has 1 saturated heterocycles. The molecule has 1 fully saturated rings. The third-order valence-corrected chi connectivity index (χ3v) is 4.79. The van der Waals surface area contributed by atoms with Crippen LogP contribution in [0.5, 0.6) is 0 Å². The van der Waals surface area contributed by atoms with E-state index in [9.17, 15) is 13.0 Å². The first-order chi connectivity index (χ1) is 10.5. The van der Waals surface area contributed by atoms with Gasteiger partial charge in [-0.1, -0.05) is 0 Å². The predicted octanol–water partition coefficient (Wildman–Crippen LogP) is 4.52. The molecule has 0 aromatic carbocycles. The Morgan fingerprint density at radius 3 is 1.91 bits per heavy atom. The lowest BCUT2D eigenvalue weighted by atomic mass is 10.0. The Morgan fingerprint density at radius 1 is 1.22 bits per heavy atom. The summed E-state index contributed by atoms with van der Waals surface area (Å²) in [5.74, 6) is 0.506. The average molecular weight is 445 g/mol. The second-order valence-corrected chi connectivity index (χ2v) is 13.4. The Morgan fingerprint density at radius 2 is 1.61 bits per heavy atom. The van der Waals surface area contributed by atoms with Gasteiger partial charge in [-0.2, -0.15) is 10.5 Å². The van der Waals surface area contributed by atoms with Gasteiger partial charge in [0.1, 0.15) is 0 Å². The molecule has 0 saturated carbocycles. The smallest absolute Gasteiger partial charge is 0.271 e. The number of hydrogen-bond donors (Lipinski definition) is 0. The standard InChI is InChI=1S/C9H15ClN2O2S.C2H3N.Cl3OP/c10-4-1-7-15(13,14)12-5-2-9(8-11)3-6-12;1-2-3;1-5(2,3)4/h9H,1-7H2;1H3;. The molecule has 12 heteroatoms. The maximum Gasteiger partial charge on any atom is 0.339 e. The lowest BCUT2D eigenvalue weighted by Gasteiger charge is -2.28. The summed E-state index contributed by atoms with van der Waals surface area (Å²) in [6.45, 7) is 2.38. The Balaban J connectivity index is 0. The topological polar surface area (TPSA) is 102 Å². The Bertz CT molecular complexity index is 540. The predicted molar refractivity (Wildman–Crippen MR) is 95.5 cm³/mol. The summed E-state index contributed by atoms with van der Waals surface area (Å²) in [7, 11) is -3.14. The summed E-state index contributed by atoms with van der Waals surface area (Å²) >= 11 is 19.3. The molecule has 1 heterocycles. The van der Waals surface area contributed by atoms with Gasteiger partial charge in [-0.25, -0.2) is 12.7 Å². The van der Waals surface area contributed by atoms with Crippen LogP contribution in [0.3, 0.4) is 0 Å². The molecule has 0 N–H and O–H groups in total. The molecule has 1 aliphatic rings. The van der Waals surface area contributed by atoms with Gasteiger partial charge in [0, 0.05) is 31.8 Å². The van der Waals surface area contributed by atoms with E-state index in [1.165, 1.54) is 11.2 Å². The Hall–Kier alpha value is 0.280. The molecular formula is C11H18Cl4N3O3PS. The van der Waals surface area contributed by atoms with Crippen molar-refractivity contribution in [2.24, 2.45) is 5.92 Å². The van der Waals surface area contributed by atoms with Crippen LogP contribution in [-0.2, 0) is 14.6 Å². The van der Waals surface area contributed by atoms with E-state index in [0.29, 0.717) is 38.2 Å². The first-order valence-corrected chi connectivity index (χ1v) is 13.0. The molecule has 6 nitrogen and oxygen atoms in total. The van der Waals surface area contributed by atoms with E-state index < -0.39 is 15.2 Å². The summed E-state index contributed by atoms with van der Waals surface area (Å²) < 4.78 is 34.4. The minimum absolute atomic E-state index is 0.0180. The quantitative estimate of drug-likeness (QED) is 0.468. The molecule has 0 bridgehead atoms. The van der Waals surface area contributed by atoms with Gasteiger partial charge in [0.2, 0.25) is 10.0 Å². The lowest BCUT2D eigenvalue weighted by Crippen LogP contribution is -2.39. The van der Waals surface area contributed by atoms with Crippen molar-refractivity contribution in [2.75, 3.05) is 24.7 Å². The fraction of sp³-hybridized carbons (Fsp3) is 0.818. The van der Waals surface area contributed by atoms with Crippen molar-refractivity contribution < 1.29 is 13.0 Å². The monoisotopic (exact) mass is 443 g/mol. The fourth-order valence-corrected chi connectivity index (χ4v) is 3.46. The third-order valence-electron chi connectivity index (χ3n) is 2.57. The molecule has 1 rings (SSSR count). The highest BCUT2D eigenvalue weighted by Crippen LogP contribution is 2.61. The van der Waals surface area contributed by atoms with Gasteiger partial charge >= 0.3 is 5.20 Å². The van der Waals surface area contributed by atoms with E-state index in [1.807, 2.05) is 0 Å². The minimum atomic E-state index is -3.22. The molecule has 0 aromatic heterocycles. The van der Waals surface area contributed by atoms with Crippen molar-refractivity contribution in [3.63, 3.8) is 0 Å². The molecule has 1 aliphatic heterocycles. The van der Waals surface area contributed by atoms with E-state index in [-0.39, 0.29) is 11.7 Å². The fourth-order valence-electron chi connectivity index (χ4n) is 1.63. The number of rotatable bonds is 4. The van der Waals surface area contributed by atoms with Crippen LogP contribution in [0.15, 0.2) is 0 Å². The molecule has 0 unspecified atom stereocenters. The van der Waals surface area contributed by atoms with Crippen LogP contribution in [0, 0.1) is 28.6 Å². The number of nitriles is 2. The van der Waals surface area contributed by atoms with E-state index in [4.69, 9.17) is 22.1 Å². The normalized spacial score (nSPS) is 16.0. The number of halogens is 4. The molecule has 0 amide bonds. The van der Waals surface area contributed by atoms with Crippen molar-refractivity contribution in [1.82, 2.24) is 4.31 Å². The molecule has 0 spiro atoms. The minimum Gasteiger partial charge on any atom is -0.271 e. The SMILES string of the molecule is CC#N.N#CC1CCN(S(=O)(=O)CCCCl)CC1.O=P(Cl)(Cl)Cl. The second kappa shape index (κ2) is 13.6. The average Bonchev–Trinajstić information content (AvgIpc) is 2.44. The summed E-state index contributed by atoms with van der Waals surface area (Å²) in [5.41, 5.74) is 0. The highest BCUT2D eigenvalue weighted by Gasteiger charge is 2.27. The van der Waals surface area contributed by atoms with E-state index in [0.717, 1.165) is 0 Å². The van der Waals surface area contributed by atoms with Gasteiger partial charge in [0.05, 0.1) is 17.9 Å². The maximum atomic E-state index is 11.7. The van der Waals surface area contributed by atoms with Crippen LogP contribution in [-0.4, -0.2) is 37.4 Å². The van der Waals surface area contributed by atoms with Crippen molar-refractivity contribution in [2.45, 2.75) is 26.2 Å². The van der Waals surface area contributed by atoms with Crippen LogP contribution in [0.2, 0.25) is 0 Å². The van der Waals surface area contributed by atoms with E-state index in [2.05, 4.69) is 39.8 Å². The van der Waals surface area contributed by atoms with Gasteiger partial charge in [-0.05, 0) is 53.0 Å². The lowest BCUT2D eigenvalue weighted by molar-refractivity contribution is 0.310. The van der Waals surface area contributed by atoms with Crippen LogP contribution in [0.1, 0.15) is 26.2 Å². The van der Waals surface area contributed by atoms with Gasteiger partial charge in [0.15, 0.2) is 0 Å². The van der Waals surface area contributed by atoms with Crippen LogP contribution in [0.25, 0.3) is 0 Å². The van der Waals surface area contributed by atoms with Crippen molar-refractivity contribution in [1.29, 1.82) is 10.5 Å². The highest BCUT2D eigenvalue weighted by molar-refractivity contribution is 8.24. The number of piperidine rings is 1. The van der Waals surface area contributed by atoms with Gasteiger partial charge in [-0.15, -0.1) is 11.6 Å². The van der Waals surface area contributed by atoms with Crippen molar-refractivity contribution in [3.05, 3.63) is 0 Å². The largest absolute Gasteiger partial charge is 0.339 e.